The fraction of sp³-hybridized carbons (Fsp3) is 0.0909. The van der Waals surface area contributed by atoms with E-state index in [1.807, 2.05) is 0 Å². The van der Waals surface area contributed by atoms with Gasteiger partial charge < -0.3 is 5.32 Å². The van der Waals surface area contributed by atoms with Crippen LogP contribution in [0.1, 0.15) is 16.1 Å². The molecule has 0 radical (unpaired) electrons. The number of halogens is 3. The first kappa shape index (κ1) is 14.0. The average Bonchev–Trinajstić information content (AvgIpc) is 2.34. The molecule has 2 aromatic heterocycles. The Bertz CT molecular complexity index is 648. The predicted octanol–water partition coefficient (Wildman–Crippen LogP) is 3.39. The van der Waals surface area contributed by atoms with Crippen molar-refractivity contribution in [3.63, 3.8) is 0 Å². The van der Waals surface area contributed by atoms with Gasteiger partial charge in [-0.2, -0.15) is 0 Å². The number of aryl methyl sites for hydroxylation is 1. The van der Waals surface area contributed by atoms with Crippen molar-refractivity contribution in [3.8, 4) is 0 Å². The van der Waals surface area contributed by atoms with Crippen LogP contribution in [0.2, 0.25) is 15.2 Å². The van der Waals surface area contributed by atoms with Crippen LogP contribution in [0.25, 0.3) is 0 Å². The molecule has 2 rings (SSSR count). The number of rotatable bonds is 2. The first-order chi connectivity index (χ1) is 8.99. The molecule has 0 bridgehead atoms. The molecule has 2 heterocycles. The molecule has 0 saturated heterocycles. The molecule has 0 atom stereocenters. The maximum atomic E-state index is 12.0. The van der Waals surface area contributed by atoms with E-state index in [4.69, 9.17) is 34.8 Å². The number of carbonyl (C=O) groups is 1. The fourth-order valence-corrected chi connectivity index (χ4v) is 1.87. The molecule has 0 spiro atoms. The Labute approximate surface area is 123 Å². The second kappa shape index (κ2) is 5.69. The molecule has 1 N–H and O–H groups in total. The topological polar surface area (TPSA) is 67.8 Å². The Balaban J connectivity index is 2.28. The highest BCUT2D eigenvalue weighted by Gasteiger charge is 2.15. The molecule has 8 heteroatoms. The fourth-order valence-electron chi connectivity index (χ4n) is 1.30. The minimum Gasteiger partial charge on any atom is -0.305 e. The number of nitrogens with zero attached hydrogens (tertiary/aromatic N) is 3. The highest BCUT2D eigenvalue weighted by Crippen LogP contribution is 2.26. The molecule has 98 valence electrons. The summed E-state index contributed by atoms with van der Waals surface area (Å²) in [5.41, 5.74) is 0.933. The van der Waals surface area contributed by atoms with Gasteiger partial charge in [0.05, 0.1) is 10.6 Å². The van der Waals surface area contributed by atoms with Gasteiger partial charge in [-0.1, -0.05) is 34.8 Å². The van der Waals surface area contributed by atoms with Crippen molar-refractivity contribution in [2.24, 2.45) is 0 Å². The highest BCUT2D eigenvalue weighted by molar-refractivity contribution is 6.43. The standard InChI is InChI=1S/C11H7Cl3N4O/c1-5-2-7(12)6(3-15-5)11(19)18-10-8(13)9(14)16-4-17-10/h2-4H,1H3,(H,16,17,18,19). The second-order valence-electron chi connectivity index (χ2n) is 3.59. The van der Waals surface area contributed by atoms with Crippen molar-refractivity contribution in [1.29, 1.82) is 0 Å². The summed E-state index contributed by atoms with van der Waals surface area (Å²) < 4.78 is 0. The Morgan fingerprint density at radius 1 is 1.21 bits per heavy atom. The van der Waals surface area contributed by atoms with Crippen molar-refractivity contribution in [1.82, 2.24) is 15.0 Å². The lowest BCUT2D eigenvalue weighted by Crippen LogP contribution is -2.14. The van der Waals surface area contributed by atoms with Crippen LogP contribution in [0.5, 0.6) is 0 Å². The van der Waals surface area contributed by atoms with E-state index in [0.29, 0.717) is 10.7 Å². The minimum atomic E-state index is -0.478. The Morgan fingerprint density at radius 3 is 2.63 bits per heavy atom. The van der Waals surface area contributed by atoms with Crippen LogP contribution >= 0.6 is 34.8 Å². The molecule has 0 unspecified atom stereocenters. The van der Waals surface area contributed by atoms with Crippen molar-refractivity contribution >= 4 is 46.5 Å². The molecule has 0 fully saturated rings. The molecule has 2 aromatic rings. The molecule has 0 aliphatic heterocycles. The zero-order valence-electron chi connectivity index (χ0n) is 9.62. The molecule has 19 heavy (non-hydrogen) atoms. The van der Waals surface area contributed by atoms with E-state index in [0.717, 1.165) is 0 Å². The first-order valence-electron chi connectivity index (χ1n) is 5.08. The van der Waals surface area contributed by atoms with Gasteiger partial charge in [-0.05, 0) is 13.0 Å². The lowest BCUT2D eigenvalue weighted by molar-refractivity contribution is 0.102. The number of pyridine rings is 1. The Kier molecular flexibility index (Phi) is 4.19. The van der Waals surface area contributed by atoms with E-state index in [1.54, 1.807) is 13.0 Å². The third-order valence-electron chi connectivity index (χ3n) is 2.21. The molecule has 1 amide bonds. The summed E-state index contributed by atoms with van der Waals surface area (Å²) in [6, 6.07) is 1.59. The Morgan fingerprint density at radius 2 is 1.95 bits per heavy atom. The summed E-state index contributed by atoms with van der Waals surface area (Å²) in [5.74, 6) is -0.363. The van der Waals surface area contributed by atoms with Crippen LogP contribution in [0.15, 0.2) is 18.6 Å². The van der Waals surface area contributed by atoms with E-state index < -0.39 is 5.91 Å². The summed E-state index contributed by atoms with van der Waals surface area (Å²) in [6.45, 7) is 1.77. The smallest absolute Gasteiger partial charge is 0.259 e. The second-order valence-corrected chi connectivity index (χ2v) is 4.73. The van der Waals surface area contributed by atoms with Gasteiger partial charge in [-0.15, -0.1) is 0 Å². The highest BCUT2D eigenvalue weighted by atomic mass is 35.5. The van der Waals surface area contributed by atoms with Crippen LogP contribution in [0.4, 0.5) is 5.82 Å². The van der Waals surface area contributed by atoms with Gasteiger partial charge in [0.25, 0.3) is 5.91 Å². The van der Waals surface area contributed by atoms with Crippen LogP contribution in [-0.2, 0) is 0 Å². The maximum absolute atomic E-state index is 12.0. The third-order valence-corrected chi connectivity index (χ3v) is 3.27. The first-order valence-corrected chi connectivity index (χ1v) is 6.22. The number of aromatic nitrogens is 3. The average molecular weight is 318 g/mol. The van der Waals surface area contributed by atoms with Gasteiger partial charge in [0.1, 0.15) is 11.3 Å². The van der Waals surface area contributed by atoms with E-state index in [1.165, 1.54) is 12.5 Å². The van der Waals surface area contributed by atoms with Crippen LogP contribution in [0.3, 0.4) is 0 Å². The van der Waals surface area contributed by atoms with Gasteiger partial charge >= 0.3 is 0 Å². The minimum absolute atomic E-state index is 0.0556. The van der Waals surface area contributed by atoms with E-state index >= 15 is 0 Å². The number of amides is 1. The normalized spacial score (nSPS) is 10.3. The predicted molar refractivity (Wildman–Crippen MR) is 74.0 cm³/mol. The lowest BCUT2D eigenvalue weighted by Gasteiger charge is -2.07. The molecular formula is C11H7Cl3N4O. The number of anilines is 1. The number of nitrogens with one attached hydrogen (secondary N) is 1. The lowest BCUT2D eigenvalue weighted by atomic mass is 10.2. The number of hydrogen-bond acceptors (Lipinski definition) is 4. The zero-order valence-corrected chi connectivity index (χ0v) is 11.9. The summed E-state index contributed by atoms with van der Waals surface area (Å²) in [5, 5.41) is 2.91. The number of carbonyl (C=O) groups excluding carboxylic acids is 1. The van der Waals surface area contributed by atoms with Gasteiger partial charge in [0, 0.05) is 11.9 Å². The quantitative estimate of drug-likeness (QED) is 0.862. The van der Waals surface area contributed by atoms with Gasteiger partial charge in [-0.25, -0.2) is 9.97 Å². The number of hydrogen-bond donors (Lipinski definition) is 1. The SMILES string of the molecule is Cc1cc(Cl)c(C(=O)Nc2ncnc(Cl)c2Cl)cn1. The zero-order chi connectivity index (χ0) is 14.0. The van der Waals surface area contributed by atoms with E-state index in [-0.39, 0.29) is 21.6 Å². The van der Waals surface area contributed by atoms with Gasteiger partial charge in [0.2, 0.25) is 0 Å². The summed E-state index contributed by atoms with van der Waals surface area (Å²) >= 11 is 17.6. The molecule has 0 aromatic carbocycles. The van der Waals surface area contributed by atoms with Gasteiger partial charge in [0.15, 0.2) is 11.0 Å². The van der Waals surface area contributed by atoms with E-state index in [9.17, 15) is 4.79 Å². The monoisotopic (exact) mass is 316 g/mol. The van der Waals surface area contributed by atoms with Crippen molar-refractivity contribution in [3.05, 3.63) is 45.0 Å². The van der Waals surface area contributed by atoms with Crippen molar-refractivity contribution in [2.75, 3.05) is 5.32 Å². The summed E-state index contributed by atoms with van der Waals surface area (Å²) in [7, 11) is 0. The maximum Gasteiger partial charge on any atom is 0.259 e. The van der Waals surface area contributed by atoms with Crippen LogP contribution < -0.4 is 5.32 Å². The molecule has 0 aliphatic rings. The summed E-state index contributed by atoms with van der Waals surface area (Å²) in [6.07, 6.45) is 2.57. The van der Waals surface area contributed by atoms with Crippen molar-refractivity contribution in [2.45, 2.75) is 6.92 Å². The molecule has 5 nitrogen and oxygen atoms in total. The molecule has 0 aliphatic carbocycles. The molecular weight excluding hydrogens is 311 g/mol. The largest absolute Gasteiger partial charge is 0.305 e. The van der Waals surface area contributed by atoms with Crippen LogP contribution in [-0.4, -0.2) is 20.9 Å². The summed E-state index contributed by atoms with van der Waals surface area (Å²) in [4.78, 5) is 23.5. The van der Waals surface area contributed by atoms with Crippen molar-refractivity contribution < 1.29 is 4.79 Å². The van der Waals surface area contributed by atoms with Gasteiger partial charge in [-0.3, -0.25) is 9.78 Å². The molecule has 0 saturated carbocycles. The Hall–Kier alpha value is -1.43. The van der Waals surface area contributed by atoms with E-state index in [2.05, 4.69) is 20.3 Å². The van der Waals surface area contributed by atoms with Crippen LogP contribution in [0, 0.1) is 6.92 Å². The third kappa shape index (κ3) is 3.12.